The van der Waals surface area contributed by atoms with Crippen LogP contribution in [0.5, 0.6) is 5.75 Å². The smallest absolute Gasteiger partial charge is 0.131 e. The number of nitrogens with one attached hydrogen (secondary N) is 1. The van der Waals surface area contributed by atoms with Gasteiger partial charge in [0.25, 0.3) is 0 Å². The van der Waals surface area contributed by atoms with E-state index in [1.165, 1.54) is 6.07 Å². The van der Waals surface area contributed by atoms with Crippen LogP contribution in [0.1, 0.15) is 20.3 Å². The second-order valence-electron chi connectivity index (χ2n) is 6.91. The Labute approximate surface area is 157 Å². The molecule has 0 atom stereocenters. The summed E-state index contributed by atoms with van der Waals surface area (Å²) >= 11 is 0. The summed E-state index contributed by atoms with van der Waals surface area (Å²) in [4.78, 5) is 4.58. The zero-order valence-electron chi connectivity index (χ0n) is 15.3. The molecule has 0 aliphatic heterocycles. The molecule has 0 unspecified atom stereocenters. The van der Waals surface area contributed by atoms with Crippen LogP contribution in [0.2, 0.25) is 0 Å². The van der Waals surface area contributed by atoms with Gasteiger partial charge in [0.05, 0.1) is 5.69 Å². The van der Waals surface area contributed by atoms with Crippen molar-refractivity contribution in [2.24, 2.45) is 5.92 Å². The maximum absolute atomic E-state index is 14.3. The molecule has 3 rings (SSSR count). The van der Waals surface area contributed by atoms with E-state index in [-0.39, 0.29) is 11.3 Å². The van der Waals surface area contributed by atoms with E-state index in [0.717, 1.165) is 25.1 Å². The zero-order chi connectivity index (χ0) is 19.4. The number of hydrogen-bond acceptors (Lipinski definition) is 3. The van der Waals surface area contributed by atoms with Gasteiger partial charge in [-0.15, -0.1) is 0 Å². The Hall–Kier alpha value is -2.95. The van der Waals surface area contributed by atoms with Crippen LogP contribution < -0.4 is 5.32 Å². The molecule has 1 aromatic heterocycles. The molecule has 27 heavy (non-hydrogen) atoms. The number of phenols is 1. The van der Waals surface area contributed by atoms with E-state index in [2.05, 4.69) is 24.1 Å². The van der Waals surface area contributed by atoms with Crippen LogP contribution in [-0.4, -0.2) is 16.6 Å². The lowest BCUT2D eigenvalue weighted by atomic mass is 10.0. The summed E-state index contributed by atoms with van der Waals surface area (Å²) in [6.07, 6.45) is 0.960. The van der Waals surface area contributed by atoms with Gasteiger partial charge in [-0.3, -0.25) is 0 Å². The van der Waals surface area contributed by atoms with E-state index >= 15 is 0 Å². The van der Waals surface area contributed by atoms with Crippen molar-refractivity contribution in [2.45, 2.75) is 20.3 Å². The number of anilines is 1. The Morgan fingerprint density at radius 1 is 1.00 bits per heavy atom. The molecule has 0 spiro atoms. The summed E-state index contributed by atoms with van der Waals surface area (Å²) in [6, 6.07) is 13.5. The maximum atomic E-state index is 14.3. The topological polar surface area (TPSA) is 45.1 Å². The monoisotopic (exact) mass is 368 g/mol. The number of rotatable bonds is 6. The fourth-order valence-electron chi connectivity index (χ4n) is 2.80. The minimum absolute atomic E-state index is 0.117. The van der Waals surface area contributed by atoms with Gasteiger partial charge < -0.3 is 10.4 Å². The quantitative estimate of drug-likeness (QED) is 0.573. The fourth-order valence-corrected chi connectivity index (χ4v) is 2.80. The molecular formula is C22H22F2N2O. The summed E-state index contributed by atoms with van der Waals surface area (Å²) in [5.41, 5.74) is 1.96. The normalized spacial score (nSPS) is 11.0. The molecule has 0 radical (unpaired) electrons. The molecule has 0 saturated heterocycles. The number of halogens is 2. The first-order valence-electron chi connectivity index (χ1n) is 8.93. The molecule has 0 fully saturated rings. The number of benzene rings is 2. The highest BCUT2D eigenvalue weighted by atomic mass is 19.1. The van der Waals surface area contributed by atoms with Gasteiger partial charge in [0.15, 0.2) is 0 Å². The van der Waals surface area contributed by atoms with Crippen molar-refractivity contribution in [3.63, 3.8) is 0 Å². The van der Waals surface area contributed by atoms with Crippen LogP contribution >= 0.6 is 0 Å². The first-order chi connectivity index (χ1) is 12.9. The van der Waals surface area contributed by atoms with Crippen LogP contribution in [0.4, 0.5) is 14.6 Å². The van der Waals surface area contributed by atoms with Gasteiger partial charge in [-0.05, 0) is 60.4 Å². The Balaban J connectivity index is 2.06. The Morgan fingerprint density at radius 3 is 2.56 bits per heavy atom. The third kappa shape index (κ3) is 4.82. The average molecular weight is 368 g/mol. The van der Waals surface area contributed by atoms with Crippen LogP contribution in [0, 0.1) is 17.6 Å². The maximum Gasteiger partial charge on any atom is 0.131 e. The molecule has 1 heterocycles. The van der Waals surface area contributed by atoms with Crippen LogP contribution in [0.15, 0.2) is 54.6 Å². The fraction of sp³-hybridized carbons (Fsp3) is 0.227. The van der Waals surface area contributed by atoms with Crippen molar-refractivity contribution >= 4 is 5.82 Å². The molecular weight excluding hydrogens is 346 g/mol. The standard InChI is InChI=1S/C22H22F2N2O/c1-14(2)8-9-25-22-12-16(19-13-17(23)6-7-20(19)24)11-21(26-22)15-4-3-5-18(27)10-15/h3-7,10-14,27H,8-9H2,1-2H3,(H,25,26). The van der Waals surface area contributed by atoms with E-state index in [1.54, 1.807) is 30.3 Å². The third-order valence-electron chi connectivity index (χ3n) is 4.23. The number of aromatic hydroxyl groups is 1. The Morgan fingerprint density at radius 2 is 1.81 bits per heavy atom. The number of nitrogens with zero attached hydrogens (tertiary/aromatic N) is 1. The van der Waals surface area contributed by atoms with Crippen molar-refractivity contribution < 1.29 is 13.9 Å². The zero-order valence-corrected chi connectivity index (χ0v) is 15.3. The molecule has 3 nitrogen and oxygen atoms in total. The highest BCUT2D eigenvalue weighted by Gasteiger charge is 2.12. The molecule has 2 aromatic carbocycles. The second-order valence-corrected chi connectivity index (χ2v) is 6.91. The molecule has 0 aliphatic rings. The van der Waals surface area contributed by atoms with Gasteiger partial charge in [-0.25, -0.2) is 13.8 Å². The summed E-state index contributed by atoms with van der Waals surface area (Å²) in [5, 5.41) is 13.0. The van der Waals surface area contributed by atoms with Gasteiger partial charge in [-0.1, -0.05) is 26.0 Å². The SMILES string of the molecule is CC(C)CCNc1cc(-c2cc(F)ccc2F)cc(-c2cccc(O)c2)n1. The second kappa shape index (κ2) is 8.16. The molecule has 0 bridgehead atoms. The van der Waals surface area contributed by atoms with Crippen molar-refractivity contribution in [3.8, 4) is 28.1 Å². The number of pyridine rings is 1. The lowest BCUT2D eigenvalue weighted by Gasteiger charge is -2.13. The molecule has 5 heteroatoms. The van der Waals surface area contributed by atoms with Gasteiger partial charge >= 0.3 is 0 Å². The average Bonchev–Trinajstić information content (AvgIpc) is 2.63. The summed E-state index contributed by atoms with van der Waals surface area (Å²) < 4.78 is 28.0. The summed E-state index contributed by atoms with van der Waals surface area (Å²) in [6.45, 7) is 4.98. The molecule has 2 N–H and O–H groups in total. The Bertz CT molecular complexity index is 941. The van der Waals surface area contributed by atoms with Crippen molar-refractivity contribution in [1.82, 2.24) is 4.98 Å². The lowest BCUT2D eigenvalue weighted by molar-refractivity contribution is 0.475. The third-order valence-corrected chi connectivity index (χ3v) is 4.23. The largest absolute Gasteiger partial charge is 0.508 e. The van der Waals surface area contributed by atoms with E-state index < -0.39 is 11.6 Å². The number of aromatic nitrogens is 1. The Kier molecular flexibility index (Phi) is 5.69. The summed E-state index contributed by atoms with van der Waals surface area (Å²) in [5.74, 6) is 0.224. The number of phenolic OH excluding ortho intramolecular Hbond substituents is 1. The molecule has 3 aromatic rings. The van der Waals surface area contributed by atoms with Gasteiger partial charge in [0, 0.05) is 17.7 Å². The van der Waals surface area contributed by atoms with Crippen molar-refractivity contribution in [1.29, 1.82) is 0 Å². The van der Waals surface area contributed by atoms with E-state index in [4.69, 9.17) is 0 Å². The predicted octanol–water partition coefficient (Wildman–Crippen LogP) is 5.86. The molecule has 0 amide bonds. The van der Waals surface area contributed by atoms with Crippen molar-refractivity contribution in [3.05, 3.63) is 66.2 Å². The van der Waals surface area contributed by atoms with Gasteiger partial charge in [0.1, 0.15) is 23.2 Å². The summed E-state index contributed by atoms with van der Waals surface area (Å²) in [7, 11) is 0. The van der Waals surface area contributed by atoms with Crippen molar-refractivity contribution in [2.75, 3.05) is 11.9 Å². The van der Waals surface area contributed by atoms with Crippen LogP contribution in [0.25, 0.3) is 22.4 Å². The van der Waals surface area contributed by atoms with E-state index in [0.29, 0.717) is 28.6 Å². The van der Waals surface area contributed by atoms with E-state index in [1.807, 2.05) is 6.07 Å². The predicted molar refractivity (Wildman–Crippen MR) is 105 cm³/mol. The minimum Gasteiger partial charge on any atom is -0.508 e. The number of hydrogen-bond donors (Lipinski definition) is 2. The van der Waals surface area contributed by atoms with Gasteiger partial charge in [0.2, 0.25) is 0 Å². The first-order valence-corrected chi connectivity index (χ1v) is 8.93. The lowest BCUT2D eigenvalue weighted by Crippen LogP contribution is -2.07. The highest BCUT2D eigenvalue weighted by Crippen LogP contribution is 2.31. The molecule has 0 aliphatic carbocycles. The van der Waals surface area contributed by atoms with Crippen LogP contribution in [0.3, 0.4) is 0 Å². The first kappa shape index (κ1) is 18.8. The highest BCUT2D eigenvalue weighted by molar-refractivity contribution is 5.74. The van der Waals surface area contributed by atoms with Gasteiger partial charge in [-0.2, -0.15) is 0 Å². The molecule has 0 saturated carbocycles. The van der Waals surface area contributed by atoms with E-state index in [9.17, 15) is 13.9 Å². The minimum atomic E-state index is -0.503. The van der Waals surface area contributed by atoms with Crippen LogP contribution in [-0.2, 0) is 0 Å². The molecule has 140 valence electrons.